The smallest absolute Gasteiger partial charge is 0.255 e. The van der Waals surface area contributed by atoms with Gasteiger partial charge in [-0.1, -0.05) is 0 Å². The summed E-state index contributed by atoms with van der Waals surface area (Å²) >= 11 is 10.8. The maximum atomic E-state index is 13.7. The Bertz CT molecular complexity index is 1790. The van der Waals surface area contributed by atoms with Crippen LogP contribution in [0, 0.1) is 21.4 Å². The van der Waals surface area contributed by atoms with Crippen LogP contribution in [0.25, 0.3) is 0 Å². The molecule has 0 radical (unpaired) electrons. The molecule has 0 aromatic heterocycles. The number of carbonyl (C=O) groups is 6. The standard InChI is InChI=1S/C33H40I6N6O14/c1-44(6-12(50)8-46)32(58)18-20(34)16(22(36)26(24(18)38)42-28(54)14(52)10-48)30(56)40-4-3-5-41-31(57)17-21(35)19(33(59)45(2)7-13(51)9-47)25(39)27(23(17)37)43-29(55)15(53)11-49/h12-15,46-53H,3-11H2,1-2H3,(H,40,56)(H,41,57)(H,42,54)(H,43,55). The lowest BCUT2D eigenvalue weighted by Crippen LogP contribution is -2.38. The van der Waals surface area contributed by atoms with Gasteiger partial charge >= 0.3 is 0 Å². The summed E-state index contributed by atoms with van der Waals surface area (Å²) in [4.78, 5) is 82.2. The Morgan fingerprint density at radius 3 is 1.10 bits per heavy atom. The Hall–Kier alpha value is -0.680. The van der Waals surface area contributed by atoms with Gasteiger partial charge in [0.25, 0.3) is 35.4 Å². The zero-order chi connectivity index (χ0) is 45.0. The van der Waals surface area contributed by atoms with Gasteiger partial charge in [-0.2, -0.15) is 0 Å². The molecule has 0 saturated carbocycles. The van der Waals surface area contributed by atoms with Crippen molar-refractivity contribution in [3.63, 3.8) is 0 Å². The molecule has 0 bridgehead atoms. The summed E-state index contributed by atoms with van der Waals surface area (Å²) in [5, 5.41) is 87.2. The molecule has 0 heterocycles. The van der Waals surface area contributed by atoms with Crippen molar-refractivity contribution in [3.8, 4) is 0 Å². The molecule has 2 aromatic carbocycles. The summed E-state index contributed by atoms with van der Waals surface area (Å²) in [7, 11) is 2.73. The minimum Gasteiger partial charge on any atom is -0.394 e. The highest BCUT2D eigenvalue weighted by molar-refractivity contribution is 14.1. The van der Waals surface area contributed by atoms with Crippen LogP contribution in [0.3, 0.4) is 0 Å². The monoisotopic (exact) mass is 1510 g/mol. The fourth-order valence-electron chi connectivity index (χ4n) is 4.86. The molecule has 20 nitrogen and oxygen atoms in total. The fourth-order valence-corrected chi connectivity index (χ4v) is 13.6. The summed E-state index contributed by atoms with van der Waals surface area (Å²) in [6.07, 6.45) is -6.01. The number of benzene rings is 2. The minimum absolute atomic E-state index is 0.00207. The largest absolute Gasteiger partial charge is 0.394 e. The van der Waals surface area contributed by atoms with Gasteiger partial charge in [0.2, 0.25) is 0 Å². The first-order valence-electron chi connectivity index (χ1n) is 16.9. The van der Waals surface area contributed by atoms with Crippen LogP contribution in [0.1, 0.15) is 47.9 Å². The van der Waals surface area contributed by atoms with Gasteiger partial charge in [-0.05, 0) is 142 Å². The number of aliphatic hydroxyl groups is 8. The van der Waals surface area contributed by atoms with Crippen LogP contribution in [0.15, 0.2) is 0 Å². The molecule has 2 aromatic rings. The minimum atomic E-state index is -1.82. The number of likely N-dealkylation sites (N-methyl/N-ethyl adjacent to an activating group) is 2. The number of anilines is 2. The highest BCUT2D eigenvalue weighted by Gasteiger charge is 2.33. The van der Waals surface area contributed by atoms with Crippen molar-refractivity contribution in [2.24, 2.45) is 0 Å². The van der Waals surface area contributed by atoms with E-state index < -0.39 is 86.3 Å². The summed E-state index contributed by atoms with van der Waals surface area (Å²) in [5.41, 5.74) is -0.108. The second-order valence-electron chi connectivity index (χ2n) is 12.4. The van der Waals surface area contributed by atoms with Gasteiger partial charge in [0.1, 0.15) is 0 Å². The van der Waals surface area contributed by atoms with E-state index in [1.807, 2.05) is 0 Å². The Labute approximate surface area is 419 Å². The number of nitrogens with one attached hydrogen (secondary N) is 4. The molecule has 0 fully saturated rings. The summed E-state index contributed by atoms with van der Waals surface area (Å²) in [6, 6.07) is 0. The van der Waals surface area contributed by atoms with Crippen LogP contribution in [-0.2, 0) is 9.59 Å². The van der Waals surface area contributed by atoms with Gasteiger partial charge in [0, 0.05) is 47.4 Å². The normalized spacial score (nSPS) is 13.2. The first-order valence-corrected chi connectivity index (χ1v) is 23.3. The number of aliphatic hydroxyl groups excluding tert-OH is 8. The van der Waals surface area contributed by atoms with Crippen molar-refractivity contribution < 1.29 is 69.6 Å². The van der Waals surface area contributed by atoms with Crippen molar-refractivity contribution >= 4 is 182 Å². The van der Waals surface area contributed by atoms with E-state index in [9.17, 15) is 69.6 Å². The summed E-state index contributed by atoms with van der Waals surface area (Å²) < 4.78 is 1.12. The molecular weight excluding hydrogens is 1470 g/mol. The Kier molecular flexibility index (Phi) is 23.6. The molecule has 0 aliphatic rings. The summed E-state index contributed by atoms with van der Waals surface area (Å²) in [5.74, 6) is -4.70. The molecule has 4 atom stereocenters. The van der Waals surface area contributed by atoms with Crippen molar-refractivity contribution in [1.29, 1.82) is 0 Å². The maximum Gasteiger partial charge on any atom is 0.255 e. The number of hydrogen-bond acceptors (Lipinski definition) is 14. The molecule has 0 spiro atoms. The van der Waals surface area contributed by atoms with Crippen LogP contribution in [0.5, 0.6) is 0 Å². The molecule has 2 rings (SSSR count). The first-order chi connectivity index (χ1) is 27.6. The molecule has 26 heteroatoms. The van der Waals surface area contributed by atoms with Crippen LogP contribution in [0.2, 0.25) is 0 Å². The van der Waals surface area contributed by atoms with E-state index in [4.69, 9.17) is 0 Å². The number of nitrogens with zero attached hydrogens (tertiary/aromatic N) is 2. The molecule has 0 aliphatic carbocycles. The lowest BCUT2D eigenvalue weighted by molar-refractivity contribution is -0.126. The van der Waals surface area contributed by atoms with Gasteiger partial charge in [-0.3, -0.25) is 28.8 Å². The first kappa shape index (κ1) is 54.5. The zero-order valence-corrected chi connectivity index (χ0v) is 43.8. The third kappa shape index (κ3) is 14.2. The second kappa shape index (κ2) is 25.6. The maximum absolute atomic E-state index is 13.7. The van der Waals surface area contributed by atoms with E-state index in [0.29, 0.717) is 0 Å². The van der Waals surface area contributed by atoms with Gasteiger partial charge in [0.05, 0.1) is 86.5 Å². The number of hydrogen-bond donors (Lipinski definition) is 12. The van der Waals surface area contributed by atoms with Crippen LogP contribution in [0.4, 0.5) is 11.4 Å². The predicted octanol–water partition coefficient (Wildman–Crippen LogP) is -0.702. The van der Waals surface area contributed by atoms with Crippen molar-refractivity contribution in [3.05, 3.63) is 43.7 Å². The van der Waals surface area contributed by atoms with Gasteiger partial charge in [-0.25, -0.2) is 0 Å². The highest BCUT2D eigenvalue weighted by Crippen LogP contribution is 2.38. The van der Waals surface area contributed by atoms with Crippen molar-refractivity contribution in [1.82, 2.24) is 20.4 Å². The summed E-state index contributed by atoms with van der Waals surface area (Å²) in [6.45, 7) is -3.64. The highest BCUT2D eigenvalue weighted by atomic mass is 127. The topological polar surface area (TPSA) is 319 Å². The predicted molar refractivity (Wildman–Crippen MR) is 262 cm³/mol. The van der Waals surface area contributed by atoms with E-state index in [1.165, 1.54) is 14.1 Å². The fraction of sp³-hybridized carbons (Fsp3) is 0.455. The number of halogens is 6. The van der Waals surface area contributed by atoms with Gasteiger partial charge < -0.3 is 71.9 Å². The second-order valence-corrected chi connectivity index (χ2v) is 18.9. The third-order valence-corrected chi connectivity index (χ3v) is 14.4. The van der Waals surface area contributed by atoms with E-state index >= 15 is 0 Å². The Morgan fingerprint density at radius 2 is 0.814 bits per heavy atom. The quantitative estimate of drug-likeness (QED) is 0.0577. The molecule has 12 N–H and O–H groups in total. The van der Waals surface area contributed by atoms with Crippen molar-refractivity contribution in [2.75, 3.05) is 77.3 Å². The van der Waals surface area contributed by atoms with E-state index in [1.54, 1.807) is 136 Å². The van der Waals surface area contributed by atoms with Gasteiger partial charge in [0.15, 0.2) is 12.2 Å². The molecule has 0 aliphatic heterocycles. The van der Waals surface area contributed by atoms with Gasteiger partial charge in [-0.15, -0.1) is 0 Å². The third-order valence-electron chi connectivity index (χ3n) is 7.97. The van der Waals surface area contributed by atoms with Crippen molar-refractivity contribution in [2.45, 2.75) is 30.8 Å². The lowest BCUT2D eigenvalue weighted by Gasteiger charge is -2.24. The van der Waals surface area contributed by atoms with Crippen LogP contribution >= 0.6 is 136 Å². The lowest BCUT2D eigenvalue weighted by atomic mass is 10.1. The van der Waals surface area contributed by atoms with E-state index in [-0.39, 0.29) is 87.6 Å². The number of rotatable bonds is 20. The molecule has 59 heavy (non-hydrogen) atoms. The molecule has 0 saturated heterocycles. The van der Waals surface area contributed by atoms with Crippen LogP contribution in [-0.4, -0.2) is 177 Å². The number of carbonyl (C=O) groups excluding carboxylic acids is 6. The van der Waals surface area contributed by atoms with E-state index in [2.05, 4.69) is 21.3 Å². The molecule has 328 valence electrons. The van der Waals surface area contributed by atoms with E-state index in [0.717, 1.165) is 9.80 Å². The Morgan fingerprint density at radius 1 is 0.508 bits per heavy atom. The average molecular weight is 1510 g/mol. The Balaban J connectivity index is 2.44. The molecule has 6 amide bonds. The molecular formula is C33H40I6N6O14. The molecule has 4 unspecified atom stereocenters. The SMILES string of the molecule is CN(CC(O)CO)C(=O)c1c(I)c(NC(=O)C(O)CO)c(I)c(C(=O)NCCCNC(=O)c2c(I)c(NC(=O)C(O)CO)c(I)c(C(=O)N(C)CC(O)CO)c2I)c1I. The average Bonchev–Trinajstić information content (AvgIpc) is 3.19. The number of amides is 6. The van der Waals surface area contributed by atoms with Crippen LogP contribution < -0.4 is 21.3 Å². The zero-order valence-electron chi connectivity index (χ0n) is 30.9.